The SMILES string of the molecule is Cc1cc(C)n(Cc2ccc(C(=O)Nc3ccc4ccccc4c3)cc2)n1. The molecule has 1 aromatic heterocycles. The number of amides is 1. The summed E-state index contributed by atoms with van der Waals surface area (Å²) in [6.07, 6.45) is 0. The average Bonchev–Trinajstić information content (AvgIpc) is 2.99. The van der Waals surface area contributed by atoms with E-state index in [1.807, 2.05) is 79.2 Å². The van der Waals surface area contributed by atoms with Crippen molar-refractivity contribution in [3.05, 3.63) is 95.3 Å². The molecule has 0 atom stereocenters. The number of benzene rings is 3. The van der Waals surface area contributed by atoms with Gasteiger partial charge in [0.05, 0.1) is 12.2 Å². The van der Waals surface area contributed by atoms with Gasteiger partial charge in [0.15, 0.2) is 0 Å². The van der Waals surface area contributed by atoms with Gasteiger partial charge in [0, 0.05) is 16.9 Å². The fourth-order valence-electron chi connectivity index (χ4n) is 3.24. The minimum absolute atomic E-state index is 0.108. The Labute approximate surface area is 158 Å². The van der Waals surface area contributed by atoms with Crippen molar-refractivity contribution in [1.29, 1.82) is 0 Å². The van der Waals surface area contributed by atoms with Crippen molar-refractivity contribution in [2.24, 2.45) is 0 Å². The van der Waals surface area contributed by atoms with Crippen molar-refractivity contribution < 1.29 is 4.79 Å². The van der Waals surface area contributed by atoms with Crippen molar-refractivity contribution in [3.8, 4) is 0 Å². The van der Waals surface area contributed by atoms with Crippen LogP contribution in [0.15, 0.2) is 72.8 Å². The molecule has 0 aliphatic heterocycles. The number of aryl methyl sites for hydroxylation is 2. The molecule has 4 rings (SSSR count). The van der Waals surface area contributed by atoms with Gasteiger partial charge in [0.25, 0.3) is 5.91 Å². The van der Waals surface area contributed by atoms with E-state index in [0.717, 1.165) is 33.4 Å². The topological polar surface area (TPSA) is 46.9 Å². The Balaban J connectivity index is 1.47. The molecule has 27 heavy (non-hydrogen) atoms. The van der Waals surface area contributed by atoms with E-state index in [1.54, 1.807) is 0 Å². The predicted molar refractivity (Wildman–Crippen MR) is 109 cm³/mol. The number of carbonyl (C=O) groups excluding carboxylic acids is 1. The summed E-state index contributed by atoms with van der Waals surface area (Å²) in [5.41, 5.74) is 4.69. The highest BCUT2D eigenvalue weighted by Crippen LogP contribution is 2.19. The maximum Gasteiger partial charge on any atom is 0.255 e. The smallest absolute Gasteiger partial charge is 0.255 e. The van der Waals surface area contributed by atoms with E-state index in [9.17, 15) is 4.79 Å². The second-order valence-electron chi connectivity index (χ2n) is 6.80. The van der Waals surface area contributed by atoms with E-state index in [4.69, 9.17) is 0 Å². The van der Waals surface area contributed by atoms with Crippen molar-refractivity contribution in [1.82, 2.24) is 9.78 Å². The first-order chi connectivity index (χ1) is 13.1. The normalized spacial score (nSPS) is 10.9. The minimum atomic E-state index is -0.108. The highest BCUT2D eigenvalue weighted by Gasteiger charge is 2.08. The number of nitrogens with one attached hydrogen (secondary N) is 1. The predicted octanol–water partition coefficient (Wildman–Crippen LogP) is 4.95. The second-order valence-corrected chi connectivity index (χ2v) is 6.80. The van der Waals surface area contributed by atoms with Crippen LogP contribution < -0.4 is 5.32 Å². The molecule has 1 N–H and O–H groups in total. The van der Waals surface area contributed by atoms with E-state index in [0.29, 0.717) is 12.1 Å². The van der Waals surface area contributed by atoms with Crippen LogP contribution in [0.4, 0.5) is 5.69 Å². The standard InChI is InChI=1S/C23H21N3O/c1-16-13-17(2)26(25-16)15-18-7-9-20(10-8-18)23(27)24-22-12-11-19-5-3-4-6-21(19)14-22/h3-14H,15H2,1-2H3,(H,24,27). The molecular formula is C23H21N3O. The van der Waals surface area contributed by atoms with E-state index in [2.05, 4.69) is 22.5 Å². The third-order valence-corrected chi connectivity index (χ3v) is 4.66. The summed E-state index contributed by atoms with van der Waals surface area (Å²) in [7, 11) is 0. The lowest BCUT2D eigenvalue weighted by Gasteiger charge is -2.08. The quantitative estimate of drug-likeness (QED) is 0.563. The summed E-state index contributed by atoms with van der Waals surface area (Å²) < 4.78 is 1.97. The van der Waals surface area contributed by atoms with E-state index >= 15 is 0 Å². The van der Waals surface area contributed by atoms with Gasteiger partial charge < -0.3 is 5.32 Å². The molecule has 0 bridgehead atoms. The van der Waals surface area contributed by atoms with Gasteiger partial charge in [-0.25, -0.2) is 0 Å². The summed E-state index contributed by atoms with van der Waals surface area (Å²) in [6.45, 7) is 4.74. The monoisotopic (exact) mass is 355 g/mol. The van der Waals surface area contributed by atoms with Crippen molar-refractivity contribution in [2.75, 3.05) is 5.32 Å². The summed E-state index contributed by atoms with van der Waals surface area (Å²) in [5.74, 6) is -0.108. The Morgan fingerprint density at radius 3 is 2.37 bits per heavy atom. The van der Waals surface area contributed by atoms with Crippen LogP contribution in [-0.2, 0) is 6.54 Å². The van der Waals surface area contributed by atoms with Gasteiger partial charge in [-0.1, -0.05) is 42.5 Å². The van der Waals surface area contributed by atoms with Crippen LogP contribution in [0, 0.1) is 13.8 Å². The van der Waals surface area contributed by atoms with Crippen LogP contribution in [0.2, 0.25) is 0 Å². The molecule has 4 aromatic rings. The maximum atomic E-state index is 12.5. The number of anilines is 1. The highest BCUT2D eigenvalue weighted by molar-refractivity contribution is 6.05. The summed E-state index contributed by atoms with van der Waals surface area (Å²) in [5, 5.41) is 9.72. The minimum Gasteiger partial charge on any atom is -0.322 e. The lowest BCUT2D eigenvalue weighted by molar-refractivity contribution is 0.102. The Morgan fingerprint density at radius 1 is 0.926 bits per heavy atom. The lowest BCUT2D eigenvalue weighted by atomic mass is 10.1. The first kappa shape index (κ1) is 17.0. The second kappa shape index (κ2) is 7.08. The van der Waals surface area contributed by atoms with Gasteiger partial charge in [0.1, 0.15) is 0 Å². The molecular weight excluding hydrogens is 334 g/mol. The van der Waals surface area contributed by atoms with Crippen molar-refractivity contribution >= 4 is 22.4 Å². The molecule has 3 aromatic carbocycles. The summed E-state index contributed by atoms with van der Waals surface area (Å²) >= 11 is 0. The number of carbonyl (C=O) groups is 1. The Morgan fingerprint density at radius 2 is 1.67 bits per heavy atom. The summed E-state index contributed by atoms with van der Waals surface area (Å²) in [4.78, 5) is 12.5. The van der Waals surface area contributed by atoms with E-state index < -0.39 is 0 Å². The third kappa shape index (κ3) is 3.75. The Hall–Kier alpha value is -3.40. The van der Waals surface area contributed by atoms with Crippen LogP contribution in [0.5, 0.6) is 0 Å². The van der Waals surface area contributed by atoms with Gasteiger partial charge in [-0.15, -0.1) is 0 Å². The van der Waals surface area contributed by atoms with Crippen LogP contribution in [0.1, 0.15) is 27.3 Å². The molecule has 0 radical (unpaired) electrons. The van der Waals surface area contributed by atoms with Crippen LogP contribution in [0.3, 0.4) is 0 Å². The number of rotatable bonds is 4. The van der Waals surface area contributed by atoms with E-state index in [1.165, 1.54) is 0 Å². The average molecular weight is 355 g/mol. The molecule has 0 unspecified atom stereocenters. The lowest BCUT2D eigenvalue weighted by Crippen LogP contribution is -2.12. The van der Waals surface area contributed by atoms with Crippen LogP contribution in [-0.4, -0.2) is 15.7 Å². The van der Waals surface area contributed by atoms with Crippen molar-refractivity contribution in [2.45, 2.75) is 20.4 Å². The fourth-order valence-corrected chi connectivity index (χ4v) is 3.24. The molecule has 0 fully saturated rings. The number of hydrogen-bond donors (Lipinski definition) is 1. The van der Waals surface area contributed by atoms with Crippen molar-refractivity contribution in [3.63, 3.8) is 0 Å². The molecule has 1 heterocycles. The Kier molecular flexibility index (Phi) is 4.47. The fraction of sp³-hybridized carbons (Fsp3) is 0.130. The summed E-state index contributed by atoms with van der Waals surface area (Å²) in [6, 6.07) is 23.8. The zero-order valence-electron chi connectivity index (χ0n) is 15.4. The number of hydrogen-bond acceptors (Lipinski definition) is 2. The number of nitrogens with zero attached hydrogens (tertiary/aromatic N) is 2. The molecule has 0 spiro atoms. The largest absolute Gasteiger partial charge is 0.322 e. The maximum absolute atomic E-state index is 12.5. The van der Waals surface area contributed by atoms with Gasteiger partial charge in [0.2, 0.25) is 0 Å². The molecule has 0 aliphatic carbocycles. The molecule has 0 saturated heterocycles. The third-order valence-electron chi connectivity index (χ3n) is 4.66. The van der Waals surface area contributed by atoms with Crippen LogP contribution in [0.25, 0.3) is 10.8 Å². The number of fused-ring (bicyclic) bond motifs is 1. The molecule has 134 valence electrons. The Bertz CT molecular complexity index is 1110. The highest BCUT2D eigenvalue weighted by atomic mass is 16.1. The first-order valence-corrected chi connectivity index (χ1v) is 8.99. The number of aromatic nitrogens is 2. The molecule has 4 nitrogen and oxygen atoms in total. The van der Waals surface area contributed by atoms with Gasteiger partial charge in [-0.05, 0) is 60.5 Å². The van der Waals surface area contributed by atoms with E-state index in [-0.39, 0.29) is 5.91 Å². The first-order valence-electron chi connectivity index (χ1n) is 8.99. The molecule has 0 aliphatic rings. The zero-order chi connectivity index (χ0) is 18.8. The molecule has 4 heteroatoms. The van der Waals surface area contributed by atoms with Gasteiger partial charge >= 0.3 is 0 Å². The zero-order valence-corrected chi connectivity index (χ0v) is 15.4. The molecule has 1 amide bonds. The van der Waals surface area contributed by atoms with Crippen LogP contribution >= 0.6 is 0 Å². The molecule has 0 saturated carbocycles. The van der Waals surface area contributed by atoms with Gasteiger partial charge in [-0.3, -0.25) is 9.48 Å². The van der Waals surface area contributed by atoms with Gasteiger partial charge in [-0.2, -0.15) is 5.10 Å².